The predicted octanol–water partition coefficient (Wildman–Crippen LogP) is 7.07. The molecule has 2 rings (SSSR count). The summed E-state index contributed by atoms with van der Waals surface area (Å²) < 4.78 is 0. The summed E-state index contributed by atoms with van der Waals surface area (Å²) in [6.45, 7) is 2.29. The number of rotatable bonds is 6. The Morgan fingerprint density at radius 3 is 1.86 bits per heavy atom. The first-order chi connectivity index (χ1) is 10.4. The standard InChI is InChI=1S/C20H35P/c1-2-3-4-5-6-13-18-21(19-14-9-7-10-15-19)20-16-11-8-12-17-20/h19-20H,2-12,14-17H2,1H3. The zero-order valence-corrected chi connectivity index (χ0v) is 15.1. The zero-order valence-electron chi connectivity index (χ0n) is 14.2. The van der Waals surface area contributed by atoms with E-state index in [2.05, 4.69) is 18.5 Å². The first-order valence-electron chi connectivity index (χ1n) is 9.68. The maximum absolute atomic E-state index is 3.85. The Kier molecular flexibility index (Phi) is 8.81. The number of hydrogen-bond acceptors (Lipinski definition) is 0. The van der Waals surface area contributed by atoms with E-state index in [0.717, 1.165) is 17.7 Å². The van der Waals surface area contributed by atoms with Crippen LogP contribution in [0.4, 0.5) is 0 Å². The topological polar surface area (TPSA) is 0 Å². The van der Waals surface area contributed by atoms with Crippen molar-refractivity contribution in [3.05, 3.63) is 0 Å². The summed E-state index contributed by atoms with van der Waals surface area (Å²) in [5.41, 5.74) is 5.85. The van der Waals surface area contributed by atoms with Crippen molar-refractivity contribution >= 4 is 7.92 Å². The second-order valence-corrected chi connectivity index (χ2v) is 9.59. The van der Waals surface area contributed by atoms with Gasteiger partial charge in [-0.1, -0.05) is 76.3 Å². The third-order valence-corrected chi connectivity index (χ3v) is 8.32. The molecule has 0 nitrogen and oxygen atoms in total. The van der Waals surface area contributed by atoms with Gasteiger partial charge in [0.05, 0.1) is 0 Å². The SMILES string of the molecule is CCCCCCC#CP(C1CCCCC1)C1CCCCC1. The third-order valence-electron chi connectivity index (χ3n) is 5.30. The van der Waals surface area contributed by atoms with Gasteiger partial charge in [0.25, 0.3) is 0 Å². The molecule has 0 N–H and O–H groups in total. The smallest absolute Gasteiger partial charge is 0.00921 e. The summed E-state index contributed by atoms with van der Waals surface area (Å²) in [5, 5.41) is 0. The van der Waals surface area contributed by atoms with E-state index in [1.807, 2.05) is 0 Å². The minimum absolute atomic E-state index is 0.0174. The van der Waals surface area contributed by atoms with E-state index < -0.39 is 0 Å². The molecule has 0 aliphatic heterocycles. The van der Waals surface area contributed by atoms with Crippen LogP contribution in [-0.2, 0) is 0 Å². The molecule has 21 heavy (non-hydrogen) atoms. The van der Waals surface area contributed by atoms with Crippen LogP contribution in [0.1, 0.15) is 103 Å². The summed E-state index contributed by atoms with van der Waals surface area (Å²) in [6, 6.07) is 0. The molecule has 0 aromatic carbocycles. The van der Waals surface area contributed by atoms with Gasteiger partial charge in [-0.05, 0) is 51.3 Å². The Balaban J connectivity index is 1.86. The fourth-order valence-electron chi connectivity index (χ4n) is 3.99. The minimum Gasteiger partial charge on any atom is -0.0987 e. The molecule has 2 aliphatic rings. The molecule has 0 radical (unpaired) electrons. The molecule has 0 saturated heterocycles. The quantitative estimate of drug-likeness (QED) is 0.280. The van der Waals surface area contributed by atoms with Gasteiger partial charge in [0.2, 0.25) is 0 Å². The van der Waals surface area contributed by atoms with Crippen LogP contribution in [0, 0.1) is 11.6 Å². The average molecular weight is 306 g/mol. The lowest BCUT2D eigenvalue weighted by atomic mass is 9.99. The fraction of sp³-hybridized carbons (Fsp3) is 0.900. The van der Waals surface area contributed by atoms with Gasteiger partial charge in [-0.15, -0.1) is 0 Å². The van der Waals surface area contributed by atoms with Gasteiger partial charge in [0, 0.05) is 6.42 Å². The van der Waals surface area contributed by atoms with Crippen LogP contribution in [-0.4, -0.2) is 11.3 Å². The Labute approximate surface area is 134 Å². The molecule has 120 valence electrons. The second-order valence-electron chi connectivity index (χ2n) is 7.09. The van der Waals surface area contributed by atoms with Crippen LogP contribution in [0.15, 0.2) is 0 Å². The first kappa shape index (κ1) is 17.3. The lowest BCUT2D eigenvalue weighted by Gasteiger charge is -2.35. The van der Waals surface area contributed by atoms with Crippen molar-refractivity contribution in [3.63, 3.8) is 0 Å². The van der Waals surface area contributed by atoms with Crippen molar-refractivity contribution in [2.24, 2.45) is 0 Å². The van der Waals surface area contributed by atoms with Crippen LogP contribution < -0.4 is 0 Å². The molecular formula is C20H35P. The minimum atomic E-state index is 0.0174. The van der Waals surface area contributed by atoms with Gasteiger partial charge in [-0.3, -0.25) is 0 Å². The van der Waals surface area contributed by atoms with Crippen LogP contribution in [0.3, 0.4) is 0 Å². The maximum Gasteiger partial charge on any atom is 0.00921 e. The molecule has 0 heterocycles. The van der Waals surface area contributed by atoms with Gasteiger partial charge < -0.3 is 0 Å². The molecule has 2 saturated carbocycles. The highest BCUT2D eigenvalue weighted by atomic mass is 31.1. The highest BCUT2D eigenvalue weighted by Crippen LogP contribution is 2.54. The molecule has 0 aromatic heterocycles. The van der Waals surface area contributed by atoms with Crippen LogP contribution in [0.25, 0.3) is 0 Å². The molecule has 0 spiro atoms. The van der Waals surface area contributed by atoms with Crippen molar-refractivity contribution in [2.45, 2.75) is 115 Å². The van der Waals surface area contributed by atoms with Gasteiger partial charge in [0.15, 0.2) is 0 Å². The third kappa shape index (κ3) is 6.32. The Morgan fingerprint density at radius 2 is 1.33 bits per heavy atom. The van der Waals surface area contributed by atoms with Gasteiger partial charge in [-0.25, -0.2) is 0 Å². The summed E-state index contributed by atoms with van der Waals surface area (Å²) in [4.78, 5) is 0. The molecular weight excluding hydrogens is 271 g/mol. The van der Waals surface area contributed by atoms with E-state index in [1.54, 1.807) is 0 Å². The van der Waals surface area contributed by atoms with Crippen molar-refractivity contribution in [1.82, 2.24) is 0 Å². The van der Waals surface area contributed by atoms with Gasteiger partial charge in [-0.2, -0.15) is 0 Å². The van der Waals surface area contributed by atoms with E-state index in [1.165, 1.54) is 89.9 Å². The highest BCUT2D eigenvalue weighted by Gasteiger charge is 2.29. The summed E-state index contributed by atoms with van der Waals surface area (Å²) in [5.74, 6) is 3.62. The van der Waals surface area contributed by atoms with Crippen molar-refractivity contribution in [1.29, 1.82) is 0 Å². The predicted molar refractivity (Wildman–Crippen MR) is 97.2 cm³/mol. The Hall–Kier alpha value is -0.0100. The first-order valence-corrected chi connectivity index (χ1v) is 11.2. The largest absolute Gasteiger partial charge is 0.0987 e. The Morgan fingerprint density at radius 1 is 0.762 bits per heavy atom. The number of hydrogen-bond donors (Lipinski definition) is 0. The summed E-state index contributed by atoms with van der Waals surface area (Å²) in [7, 11) is 0.0174. The normalized spacial score (nSPS) is 21.2. The van der Waals surface area contributed by atoms with E-state index in [9.17, 15) is 0 Å². The van der Waals surface area contributed by atoms with E-state index >= 15 is 0 Å². The average Bonchev–Trinajstić information content (AvgIpc) is 2.56. The molecule has 2 fully saturated rings. The van der Waals surface area contributed by atoms with Crippen molar-refractivity contribution in [3.8, 4) is 11.6 Å². The number of unbranched alkanes of at least 4 members (excludes halogenated alkanes) is 4. The van der Waals surface area contributed by atoms with Gasteiger partial charge in [0.1, 0.15) is 0 Å². The molecule has 0 atom stereocenters. The summed E-state index contributed by atoms with van der Waals surface area (Å²) in [6.07, 6.45) is 21.5. The van der Waals surface area contributed by atoms with E-state index in [4.69, 9.17) is 0 Å². The van der Waals surface area contributed by atoms with Crippen molar-refractivity contribution in [2.75, 3.05) is 0 Å². The van der Waals surface area contributed by atoms with Gasteiger partial charge >= 0.3 is 0 Å². The van der Waals surface area contributed by atoms with Crippen LogP contribution in [0.5, 0.6) is 0 Å². The summed E-state index contributed by atoms with van der Waals surface area (Å²) >= 11 is 0. The maximum atomic E-state index is 3.85. The lowest BCUT2D eigenvalue weighted by Crippen LogP contribution is -2.19. The van der Waals surface area contributed by atoms with Crippen LogP contribution >= 0.6 is 7.92 Å². The molecule has 1 heteroatoms. The molecule has 0 bridgehead atoms. The monoisotopic (exact) mass is 306 g/mol. The van der Waals surface area contributed by atoms with E-state index in [0.29, 0.717) is 0 Å². The fourth-order valence-corrected chi connectivity index (χ4v) is 7.09. The Bertz CT molecular complexity index is 294. The highest BCUT2D eigenvalue weighted by molar-refractivity contribution is 7.64. The lowest BCUT2D eigenvalue weighted by molar-refractivity contribution is 0.487. The van der Waals surface area contributed by atoms with Crippen molar-refractivity contribution < 1.29 is 0 Å². The molecule has 0 aromatic rings. The molecule has 0 unspecified atom stereocenters. The second kappa shape index (κ2) is 10.7. The molecule has 0 amide bonds. The zero-order chi connectivity index (χ0) is 14.8. The molecule has 2 aliphatic carbocycles. The van der Waals surface area contributed by atoms with E-state index in [-0.39, 0.29) is 7.92 Å². The van der Waals surface area contributed by atoms with Crippen LogP contribution in [0.2, 0.25) is 0 Å².